The van der Waals surface area contributed by atoms with E-state index in [-0.39, 0.29) is 36.2 Å². The summed E-state index contributed by atoms with van der Waals surface area (Å²) in [4.78, 5) is 31.9. The van der Waals surface area contributed by atoms with Gasteiger partial charge in [-0.05, 0) is 43.9 Å². The standard InChI is InChI=1S/C25H35N5O2/c1-26-15-22(31)29-23(16-7-3-2-4-8-16)25(32)30-12-11-21-24(30)19(14-28-21)18-13-27-20-10-6-5-9-17(18)20/h5-6,9-10,13,16,19,21,23-24,26-28H,2-4,7-8,11-12,14-15H2,1H3,(H,29,31)/t19-,21-,23+,24?/m1/s1. The molecule has 0 bridgehead atoms. The second-order valence-corrected chi connectivity index (χ2v) is 9.70. The van der Waals surface area contributed by atoms with E-state index in [1.54, 1.807) is 7.05 Å². The Hall–Kier alpha value is -2.38. The summed E-state index contributed by atoms with van der Waals surface area (Å²) in [6.45, 7) is 1.87. The molecule has 2 aromatic rings. The first-order valence-corrected chi connectivity index (χ1v) is 12.2. The van der Waals surface area contributed by atoms with Gasteiger partial charge in [0.05, 0.1) is 12.6 Å². The zero-order chi connectivity index (χ0) is 22.1. The first-order valence-electron chi connectivity index (χ1n) is 12.2. The fourth-order valence-electron chi connectivity index (χ4n) is 6.30. The van der Waals surface area contributed by atoms with Crippen molar-refractivity contribution in [3.63, 3.8) is 0 Å². The Bertz CT molecular complexity index is 966. The van der Waals surface area contributed by atoms with Crippen molar-refractivity contribution in [2.24, 2.45) is 5.92 Å². The van der Waals surface area contributed by atoms with Gasteiger partial charge >= 0.3 is 0 Å². The Balaban J connectivity index is 1.41. The van der Waals surface area contributed by atoms with Crippen LogP contribution in [0.2, 0.25) is 0 Å². The van der Waals surface area contributed by atoms with E-state index in [4.69, 9.17) is 0 Å². The Kier molecular flexibility index (Phi) is 6.20. The summed E-state index contributed by atoms with van der Waals surface area (Å²) < 4.78 is 0. The Morgan fingerprint density at radius 1 is 1.16 bits per heavy atom. The van der Waals surface area contributed by atoms with Gasteiger partial charge in [-0.3, -0.25) is 9.59 Å². The molecule has 1 unspecified atom stereocenters. The molecule has 0 spiro atoms. The molecule has 5 rings (SSSR count). The van der Waals surface area contributed by atoms with E-state index in [1.807, 2.05) is 6.07 Å². The number of aromatic nitrogens is 1. The van der Waals surface area contributed by atoms with Crippen LogP contribution in [0.4, 0.5) is 0 Å². The van der Waals surface area contributed by atoms with E-state index in [2.05, 4.69) is 50.2 Å². The van der Waals surface area contributed by atoms with Crippen molar-refractivity contribution >= 4 is 22.7 Å². The highest BCUT2D eigenvalue weighted by Crippen LogP contribution is 2.39. The minimum atomic E-state index is -0.417. The van der Waals surface area contributed by atoms with Gasteiger partial charge in [0, 0.05) is 42.1 Å². The van der Waals surface area contributed by atoms with E-state index in [9.17, 15) is 9.59 Å². The zero-order valence-corrected chi connectivity index (χ0v) is 18.9. The van der Waals surface area contributed by atoms with E-state index < -0.39 is 6.04 Å². The predicted octanol–water partition coefficient (Wildman–Crippen LogP) is 2.11. The van der Waals surface area contributed by atoms with Crippen molar-refractivity contribution in [3.8, 4) is 0 Å². The maximum atomic E-state index is 14.0. The van der Waals surface area contributed by atoms with Crippen LogP contribution in [0.1, 0.15) is 50.0 Å². The molecule has 1 aliphatic carbocycles. The van der Waals surface area contributed by atoms with E-state index in [0.29, 0.717) is 6.04 Å². The van der Waals surface area contributed by atoms with Gasteiger partial charge < -0.3 is 25.8 Å². The highest BCUT2D eigenvalue weighted by molar-refractivity contribution is 5.89. The SMILES string of the molecule is CNCC(=O)N[C@H](C(=O)N1CC[C@H]2NC[C@H](c3c[nH]c4ccccc34)C21)C1CCCCC1. The van der Waals surface area contributed by atoms with E-state index in [0.717, 1.165) is 50.7 Å². The maximum Gasteiger partial charge on any atom is 0.245 e. The van der Waals surface area contributed by atoms with Crippen LogP contribution in [-0.2, 0) is 9.59 Å². The molecule has 32 heavy (non-hydrogen) atoms. The number of hydrogen-bond acceptors (Lipinski definition) is 4. The first-order chi connectivity index (χ1) is 15.7. The van der Waals surface area contributed by atoms with Gasteiger partial charge in [0.2, 0.25) is 11.8 Å². The number of likely N-dealkylation sites (N-methyl/N-ethyl adjacent to an activating group) is 1. The van der Waals surface area contributed by atoms with Crippen molar-refractivity contribution in [1.82, 2.24) is 25.8 Å². The van der Waals surface area contributed by atoms with Crippen molar-refractivity contribution < 1.29 is 9.59 Å². The lowest BCUT2D eigenvalue weighted by molar-refractivity contribution is -0.139. The molecule has 3 heterocycles. The summed E-state index contributed by atoms with van der Waals surface area (Å²) in [7, 11) is 1.76. The number of para-hydroxylation sites is 1. The molecule has 7 nitrogen and oxygen atoms in total. The smallest absolute Gasteiger partial charge is 0.245 e. The highest BCUT2D eigenvalue weighted by Gasteiger charge is 2.49. The molecule has 172 valence electrons. The third-order valence-corrected chi connectivity index (χ3v) is 7.81. The number of nitrogens with zero attached hydrogens (tertiary/aromatic N) is 1. The lowest BCUT2D eigenvalue weighted by atomic mass is 9.82. The molecule has 2 amide bonds. The molecule has 3 fully saturated rings. The fourth-order valence-corrected chi connectivity index (χ4v) is 6.30. The number of hydrogen-bond donors (Lipinski definition) is 4. The third kappa shape index (κ3) is 3.92. The largest absolute Gasteiger partial charge is 0.361 e. The molecule has 3 aliphatic rings. The molecule has 4 atom stereocenters. The van der Waals surface area contributed by atoms with E-state index in [1.165, 1.54) is 17.4 Å². The molecule has 1 aromatic carbocycles. The van der Waals surface area contributed by atoms with Crippen LogP contribution < -0.4 is 16.0 Å². The number of H-pyrrole nitrogens is 1. The quantitative estimate of drug-likeness (QED) is 0.557. The molecule has 4 N–H and O–H groups in total. The van der Waals surface area contributed by atoms with Crippen LogP contribution in [-0.4, -0.2) is 66.5 Å². The number of amides is 2. The van der Waals surface area contributed by atoms with Crippen LogP contribution in [0.5, 0.6) is 0 Å². The zero-order valence-electron chi connectivity index (χ0n) is 18.9. The van der Waals surface area contributed by atoms with Crippen LogP contribution >= 0.6 is 0 Å². The summed E-state index contributed by atoms with van der Waals surface area (Å²) in [6, 6.07) is 8.43. The van der Waals surface area contributed by atoms with Gasteiger partial charge in [-0.2, -0.15) is 0 Å². The molecule has 1 aromatic heterocycles. The minimum Gasteiger partial charge on any atom is -0.361 e. The van der Waals surface area contributed by atoms with Gasteiger partial charge in [-0.1, -0.05) is 37.5 Å². The maximum absolute atomic E-state index is 14.0. The van der Waals surface area contributed by atoms with Crippen molar-refractivity contribution in [3.05, 3.63) is 36.0 Å². The summed E-state index contributed by atoms with van der Waals surface area (Å²) in [5.41, 5.74) is 2.43. The number of rotatable bonds is 6. The minimum absolute atomic E-state index is 0.0927. The lowest BCUT2D eigenvalue weighted by Gasteiger charge is -2.36. The van der Waals surface area contributed by atoms with Crippen LogP contribution in [0.15, 0.2) is 30.5 Å². The molecule has 2 aliphatic heterocycles. The van der Waals surface area contributed by atoms with Crippen LogP contribution in [0, 0.1) is 5.92 Å². The average molecular weight is 438 g/mol. The van der Waals surface area contributed by atoms with Gasteiger partial charge in [-0.15, -0.1) is 0 Å². The lowest BCUT2D eigenvalue weighted by Crippen LogP contribution is -2.56. The predicted molar refractivity (Wildman–Crippen MR) is 125 cm³/mol. The molecular weight excluding hydrogens is 402 g/mol. The number of carbonyl (C=O) groups is 2. The normalized spacial score (nSPS) is 26.9. The summed E-state index contributed by atoms with van der Waals surface area (Å²) in [6.07, 6.45) is 8.63. The number of aromatic amines is 1. The summed E-state index contributed by atoms with van der Waals surface area (Å²) in [5.74, 6) is 0.506. The van der Waals surface area contributed by atoms with Gasteiger partial charge in [-0.25, -0.2) is 0 Å². The number of likely N-dealkylation sites (tertiary alicyclic amines) is 1. The number of fused-ring (bicyclic) bond motifs is 2. The topological polar surface area (TPSA) is 89.3 Å². The Morgan fingerprint density at radius 3 is 2.78 bits per heavy atom. The number of nitrogens with one attached hydrogen (secondary N) is 4. The number of benzene rings is 1. The third-order valence-electron chi connectivity index (χ3n) is 7.81. The van der Waals surface area contributed by atoms with Crippen molar-refractivity contribution in [1.29, 1.82) is 0 Å². The first kappa shape index (κ1) is 21.5. The Morgan fingerprint density at radius 2 is 1.97 bits per heavy atom. The molecule has 0 radical (unpaired) electrons. The van der Waals surface area contributed by atoms with Crippen molar-refractivity contribution in [2.75, 3.05) is 26.7 Å². The van der Waals surface area contributed by atoms with Gasteiger partial charge in [0.15, 0.2) is 0 Å². The highest BCUT2D eigenvalue weighted by atomic mass is 16.2. The molecular formula is C25H35N5O2. The summed E-state index contributed by atoms with van der Waals surface area (Å²) in [5, 5.41) is 10.9. The summed E-state index contributed by atoms with van der Waals surface area (Å²) >= 11 is 0. The monoisotopic (exact) mass is 437 g/mol. The van der Waals surface area contributed by atoms with E-state index >= 15 is 0 Å². The number of carbonyl (C=O) groups excluding carboxylic acids is 2. The Labute approximate surface area is 189 Å². The molecule has 1 saturated carbocycles. The average Bonchev–Trinajstić information content (AvgIpc) is 3.53. The second kappa shape index (κ2) is 9.24. The van der Waals surface area contributed by atoms with Gasteiger partial charge in [0.1, 0.15) is 6.04 Å². The van der Waals surface area contributed by atoms with Crippen molar-refractivity contribution in [2.45, 2.75) is 62.6 Å². The van der Waals surface area contributed by atoms with Crippen LogP contribution in [0.3, 0.4) is 0 Å². The fraction of sp³-hybridized carbons (Fsp3) is 0.600. The van der Waals surface area contributed by atoms with Crippen LogP contribution in [0.25, 0.3) is 10.9 Å². The molecule has 2 saturated heterocycles. The second-order valence-electron chi connectivity index (χ2n) is 9.70. The molecule has 7 heteroatoms. The van der Waals surface area contributed by atoms with Gasteiger partial charge in [0.25, 0.3) is 0 Å².